The van der Waals surface area contributed by atoms with Crippen molar-refractivity contribution < 1.29 is 0 Å². The van der Waals surface area contributed by atoms with E-state index in [2.05, 4.69) is 66.2 Å². The topological polar surface area (TPSA) is 4.93 Å². The van der Waals surface area contributed by atoms with Crippen molar-refractivity contribution in [2.45, 2.75) is 38.0 Å². The summed E-state index contributed by atoms with van der Waals surface area (Å²) in [4.78, 5) is 0. The maximum absolute atomic E-state index is 2.41. The Morgan fingerprint density at radius 3 is 2.48 bits per heavy atom. The lowest BCUT2D eigenvalue weighted by atomic mass is 9.82. The molecule has 5 aromatic rings. The third-order valence-corrected chi connectivity index (χ3v) is 7.72. The normalized spacial score (nSPS) is 16.2. The van der Waals surface area contributed by atoms with Crippen LogP contribution in [0.2, 0.25) is 0 Å². The van der Waals surface area contributed by atoms with Crippen molar-refractivity contribution in [3.05, 3.63) is 60.2 Å². The summed E-state index contributed by atoms with van der Waals surface area (Å²) in [5, 5.41) is 5.76. The predicted octanol–water partition coefficient (Wildman–Crippen LogP) is 7.75. The Balaban J connectivity index is 1.80. The maximum atomic E-state index is 2.41. The van der Waals surface area contributed by atoms with Gasteiger partial charge in [0.15, 0.2) is 0 Å². The van der Waals surface area contributed by atoms with Crippen molar-refractivity contribution in [2.24, 2.45) is 7.05 Å². The van der Waals surface area contributed by atoms with Gasteiger partial charge in [0.25, 0.3) is 0 Å². The molecule has 0 spiro atoms. The summed E-state index contributed by atoms with van der Waals surface area (Å²) in [5.41, 5.74) is 4.33. The van der Waals surface area contributed by atoms with Crippen molar-refractivity contribution >= 4 is 53.3 Å². The van der Waals surface area contributed by atoms with Gasteiger partial charge in [0.1, 0.15) is 0 Å². The molecule has 1 nitrogen and oxygen atoms in total. The highest BCUT2D eigenvalue weighted by molar-refractivity contribution is 7.26. The largest absolute Gasteiger partial charge is 0.343 e. The van der Waals surface area contributed by atoms with E-state index in [9.17, 15) is 0 Å². The summed E-state index contributed by atoms with van der Waals surface area (Å²) in [6.45, 7) is 0. The molecule has 2 heteroatoms. The standard InChI is InChI=1S/C25H23NS/c1-26-20-12-6-5-10-18(20)19-14-15-22-24(25(19)26)23-17(11-7-13-21(23)27-22)16-8-3-2-4-9-16/h5-7,10-16H,2-4,8-9H2,1H3. The Hall–Kier alpha value is -2.32. The third-order valence-electron chi connectivity index (χ3n) is 6.60. The number of benzene rings is 3. The van der Waals surface area contributed by atoms with Gasteiger partial charge in [-0.2, -0.15) is 0 Å². The van der Waals surface area contributed by atoms with Gasteiger partial charge in [0.05, 0.1) is 5.52 Å². The van der Waals surface area contributed by atoms with E-state index in [1.807, 2.05) is 11.3 Å². The summed E-state index contributed by atoms with van der Waals surface area (Å²) in [7, 11) is 2.23. The highest BCUT2D eigenvalue weighted by Crippen LogP contribution is 2.46. The molecule has 0 saturated heterocycles. The van der Waals surface area contributed by atoms with Crippen molar-refractivity contribution in [1.82, 2.24) is 4.57 Å². The SMILES string of the molecule is Cn1c2ccccc2c2ccc3sc4cccc(C5CCCCC5)c4c3c21. The summed E-state index contributed by atoms with van der Waals surface area (Å²) in [5.74, 6) is 0.727. The number of hydrogen-bond acceptors (Lipinski definition) is 1. The number of fused-ring (bicyclic) bond motifs is 7. The Labute approximate surface area is 163 Å². The lowest BCUT2D eigenvalue weighted by Gasteiger charge is -2.23. The van der Waals surface area contributed by atoms with E-state index in [-0.39, 0.29) is 0 Å². The van der Waals surface area contributed by atoms with Crippen LogP contribution in [0, 0.1) is 0 Å². The Bertz CT molecular complexity index is 1310. The molecule has 2 aromatic heterocycles. The number of hydrogen-bond donors (Lipinski definition) is 0. The first-order chi connectivity index (χ1) is 13.3. The van der Waals surface area contributed by atoms with Gasteiger partial charge >= 0.3 is 0 Å². The van der Waals surface area contributed by atoms with E-state index in [0.29, 0.717) is 0 Å². The average molecular weight is 370 g/mol. The fraction of sp³-hybridized carbons (Fsp3) is 0.280. The summed E-state index contributed by atoms with van der Waals surface area (Å²) in [6.07, 6.45) is 6.87. The quantitative estimate of drug-likeness (QED) is 0.285. The highest BCUT2D eigenvalue weighted by Gasteiger charge is 2.22. The minimum atomic E-state index is 0.727. The molecule has 0 atom stereocenters. The Morgan fingerprint density at radius 1 is 0.778 bits per heavy atom. The van der Waals surface area contributed by atoms with E-state index in [1.54, 1.807) is 5.56 Å². The molecule has 2 heterocycles. The Morgan fingerprint density at radius 2 is 1.59 bits per heavy atom. The summed E-state index contributed by atoms with van der Waals surface area (Å²) >= 11 is 1.96. The predicted molar refractivity (Wildman–Crippen MR) is 119 cm³/mol. The monoisotopic (exact) mass is 369 g/mol. The number of thiophene rings is 1. The molecule has 134 valence electrons. The molecule has 0 amide bonds. The number of aromatic nitrogens is 1. The van der Waals surface area contributed by atoms with Crippen LogP contribution in [0.1, 0.15) is 43.6 Å². The van der Waals surface area contributed by atoms with Crippen molar-refractivity contribution in [1.29, 1.82) is 0 Å². The van der Waals surface area contributed by atoms with E-state index < -0.39 is 0 Å². The van der Waals surface area contributed by atoms with Gasteiger partial charge in [-0.25, -0.2) is 0 Å². The number of aryl methyl sites for hydroxylation is 1. The molecule has 1 aliphatic rings. The lowest BCUT2D eigenvalue weighted by molar-refractivity contribution is 0.445. The summed E-state index contributed by atoms with van der Waals surface area (Å²) in [6, 6.07) is 20.5. The molecule has 0 bridgehead atoms. The first-order valence-electron chi connectivity index (χ1n) is 10.1. The van der Waals surface area contributed by atoms with E-state index in [0.717, 1.165) is 5.92 Å². The zero-order valence-electron chi connectivity index (χ0n) is 15.7. The second-order valence-corrected chi connectivity index (χ2v) is 9.15. The molecule has 27 heavy (non-hydrogen) atoms. The fourth-order valence-electron chi connectivity index (χ4n) is 5.35. The summed E-state index contributed by atoms with van der Waals surface area (Å²) < 4.78 is 5.29. The van der Waals surface area contributed by atoms with Crippen molar-refractivity contribution in [3.63, 3.8) is 0 Å². The van der Waals surface area contributed by atoms with Gasteiger partial charge in [-0.3, -0.25) is 0 Å². The molecule has 0 N–H and O–H groups in total. The Kier molecular flexibility index (Phi) is 3.40. The second kappa shape index (κ2) is 5.84. The number of rotatable bonds is 1. The van der Waals surface area contributed by atoms with Gasteiger partial charge in [0.2, 0.25) is 0 Å². The lowest BCUT2D eigenvalue weighted by Crippen LogP contribution is -2.04. The first-order valence-corrected chi connectivity index (χ1v) is 11.0. The van der Waals surface area contributed by atoms with Gasteiger partial charge in [0, 0.05) is 43.5 Å². The average Bonchev–Trinajstić information content (AvgIpc) is 3.24. The molecule has 0 unspecified atom stereocenters. The van der Waals surface area contributed by atoms with Crippen LogP contribution in [0.25, 0.3) is 42.0 Å². The van der Waals surface area contributed by atoms with Gasteiger partial charge in [-0.1, -0.05) is 55.7 Å². The highest BCUT2D eigenvalue weighted by atomic mass is 32.1. The molecular weight excluding hydrogens is 346 g/mol. The zero-order valence-corrected chi connectivity index (χ0v) is 16.5. The van der Waals surface area contributed by atoms with E-state index in [1.165, 1.54) is 74.1 Å². The van der Waals surface area contributed by atoms with Crippen LogP contribution >= 0.6 is 11.3 Å². The van der Waals surface area contributed by atoms with Crippen LogP contribution < -0.4 is 0 Å². The minimum Gasteiger partial charge on any atom is -0.343 e. The van der Waals surface area contributed by atoms with E-state index in [4.69, 9.17) is 0 Å². The van der Waals surface area contributed by atoms with Crippen LogP contribution in [0.3, 0.4) is 0 Å². The number of nitrogens with zero attached hydrogens (tertiary/aromatic N) is 1. The minimum absolute atomic E-state index is 0.727. The fourth-order valence-corrected chi connectivity index (χ4v) is 6.49. The van der Waals surface area contributed by atoms with Gasteiger partial charge in [-0.05, 0) is 42.5 Å². The number of para-hydroxylation sites is 1. The van der Waals surface area contributed by atoms with E-state index >= 15 is 0 Å². The molecule has 6 rings (SSSR count). The molecule has 1 aliphatic carbocycles. The van der Waals surface area contributed by atoms with Crippen molar-refractivity contribution in [3.8, 4) is 0 Å². The third kappa shape index (κ3) is 2.17. The molecular formula is C25H23NS. The molecule has 3 aromatic carbocycles. The van der Waals surface area contributed by atoms with Crippen LogP contribution in [0.15, 0.2) is 54.6 Å². The second-order valence-electron chi connectivity index (χ2n) is 8.07. The zero-order chi connectivity index (χ0) is 18.0. The smallest absolute Gasteiger partial charge is 0.0583 e. The van der Waals surface area contributed by atoms with Crippen LogP contribution in [-0.4, -0.2) is 4.57 Å². The van der Waals surface area contributed by atoms with Crippen LogP contribution in [-0.2, 0) is 7.05 Å². The van der Waals surface area contributed by atoms with Crippen LogP contribution in [0.5, 0.6) is 0 Å². The van der Waals surface area contributed by atoms with Crippen molar-refractivity contribution in [2.75, 3.05) is 0 Å². The molecule has 0 aliphatic heterocycles. The maximum Gasteiger partial charge on any atom is 0.0583 e. The van der Waals surface area contributed by atoms with Gasteiger partial charge in [-0.15, -0.1) is 11.3 Å². The molecule has 1 fully saturated rings. The molecule has 1 saturated carbocycles. The first kappa shape index (κ1) is 15.7. The van der Waals surface area contributed by atoms with Crippen LogP contribution in [0.4, 0.5) is 0 Å². The van der Waals surface area contributed by atoms with Gasteiger partial charge < -0.3 is 4.57 Å². The molecule has 0 radical (unpaired) electrons.